The first-order valence-corrected chi connectivity index (χ1v) is 9.82. The zero-order valence-electron chi connectivity index (χ0n) is 13.8. The number of halogens is 5. The van der Waals surface area contributed by atoms with Crippen molar-refractivity contribution in [2.45, 2.75) is 18.2 Å². The summed E-state index contributed by atoms with van der Waals surface area (Å²) in [6.45, 7) is 1.54. The average molecular weight is 437 g/mol. The van der Waals surface area contributed by atoms with Gasteiger partial charge in [-0.1, -0.05) is 59.6 Å². The van der Waals surface area contributed by atoms with Crippen LogP contribution in [-0.2, 0) is 15.6 Å². The zero-order valence-corrected chi connectivity index (χ0v) is 16.2. The molecule has 0 saturated carbocycles. The average Bonchev–Trinajstić information content (AvgIpc) is 2.56. The smallest absolute Gasteiger partial charge is 0.219 e. The molecular weight excluding hydrogens is 424 g/mol. The predicted molar refractivity (Wildman–Crippen MR) is 101 cm³/mol. The van der Waals surface area contributed by atoms with Gasteiger partial charge in [-0.15, -0.1) is 10.2 Å². The van der Waals surface area contributed by atoms with Crippen molar-refractivity contribution in [1.29, 1.82) is 0 Å². The molecule has 0 N–H and O–H groups in total. The molecule has 0 fully saturated rings. The van der Waals surface area contributed by atoms with Crippen molar-refractivity contribution in [3.63, 3.8) is 0 Å². The maximum atomic E-state index is 12.5. The van der Waals surface area contributed by atoms with Crippen LogP contribution in [0.25, 0.3) is 0 Å². The third-order valence-corrected chi connectivity index (χ3v) is 5.09. The van der Waals surface area contributed by atoms with Gasteiger partial charge >= 0.3 is 5.51 Å². The lowest BCUT2D eigenvalue weighted by molar-refractivity contribution is -0.0437. The lowest BCUT2D eigenvalue weighted by Crippen LogP contribution is -2.24. The summed E-state index contributed by atoms with van der Waals surface area (Å²) in [5, 5.41) is 8.58. The van der Waals surface area contributed by atoms with Crippen LogP contribution in [0.3, 0.4) is 0 Å². The number of nitrogens with zero attached hydrogens (tertiary/aromatic N) is 2. The van der Waals surface area contributed by atoms with E-state index in [0.29, 0.717) is 21.9 Å². The molecule has 0 aliphatic carbocycles. The number of alkyl halides is 3. The molecule has 0 amide bonds. The summed E-state index contributed by atoms with van der Waals surface area (Å²) < 4.78 is 60.1. The minimum absolute atomic E-state index is 0.00329. The van der Waals surface area contributed by atoms with Crippen LogP contribution >= 0.6 is 23.2 Å². The number of rotatable bonds is 5. The molecule has 0 atom stereocenters. The summed E-state index contributed by atoms with van der Waals surface area (Å²) in [6.07, 6.45) is 0. The van der Waals surface area contributed by atoms with Crippen molar-refractivity contribution in [3.8, 4) is 0 Å². The van der Waals surface area contributed by atoms with E-state index in [9.17, 15) is 21.6 Å². The molecule has 0 aliphatic rings. The van der Waals surface area contributed by atoms with Crippen molar-refractivity contribution in [2.75, 3.05) is 0 Å². The van der Waals surface area contributed by atoms with Gasteiger partial charge in [-0.25, -0.2) is 8.42 Å². The Balaban J connectivity index is 2.39. The molecule has 0 saturated heterocycles. The summed E-state index contributed by atoms with van der Waals surface area (Å²) in [5.41, 5.74) is -3.72. The Hall–Kier alpha value is -1.90. The molecule has 144 valence electrons. The Morgan fingerprint density at radius 3 is 1.89 bits per heavy atom. The van der Waals surface area contributed by atoms with E-state index in [1.54, 1.807) is 24.3 Å². The van der Waals surface area contributed by atoms with E-state index < -0.39 is 21.1 Å². The number of hydrogen-bond donors (Lipinski definition) is 0. The van der Waals surface area contributed by atoms with Crippen molar-refractivity contribution < 1.29 is 21.6 Å². The van der Waals surface area contributed by atoms with Gasteiger partial charge in [0.2, 0.25) is 0 Å². The fourth-order valence-electron chi connectivity index (χ4n) is 2.07. The van der Waals surface area contributed by atoms with E-state index in [4.69, 9.17) is 23.2 Å². The van der Waals surface area contributed by atoms with Gasteiger partial charge in [0, 0.05) is 16.1 Å². The standard InChI is InChI=1S/C17H13Cl2F3N2O2S/c1-11(18)23-24-16(14-6-8-15(19)9-7-14)13-4-2-12(3-5-13)10-27(25,26)17(20,21)22/h2-9H,10H2,1H3. The molecule has 27 heavy (non-hydrogen) atoms. The second-order valence-electron chi connectivity index (χ2n) is 5.45. The van der Waals surface area contributed by atoms with Crippen molar-refractivity contribution in [3.05, 3.63) is 70.2 Å². The molecule has 0 radical (unpaired) electrons. The van der Waals surface area contributed by atoms with Crippen LogP contribution in [0.5, 0.6) is 0 Å². The second-order valence-corrected chi connectivity index (χ2v) is 8.42. The molecule has 0 heterocycles. The molecule has 0 spiro atoms. The second kappa shape index (κ2) is 8.41. The van der Waals surface area contributed by atoms with Gasteiger partial charge in [-0.3, -0.25) is 0 Å². The molecule has 2 rings (SSSR count). The molecule has 4 nitrogen and oxygen atoms in total. The molecule has 0 aliphatic heterocycles. The Morgan fingerprint density at radius 2 is 1.44 bits per heavy atom. The van der Waals surface area contributed by atoms with Crippen LogP contribution in [0.1, 0.15) is 23.6 Å². The Bertz CT molecular complexity index is 965. The monoisotopic (exact) mass is 436 g/mol. The molecular formula is C17H13Cl2F3N2O2S. The maximum absolute atomic E-state index is 12.5. The van der Waals surface area contributed by atoms with Gasteiger partial charge in [0.25, 0.3) is 9.84 Å². The van der Waals surface area contributed by atoms with E-state index in [1.807, 2.05) is 0 Å². The molecule has 2 aromatic rings. The van der Waals surface area contributed by atoms with E-state index in [2.05, 4.69) is 10.2 Å². The predicted octanol–water partition coefficient (Wildman–Crippen LogP) is 5.18. The zero-order chi connectivity index (χ0) is 20.2. The van der Waals surface area contributed by atoms with Crippen molar-refractivity contribution >= 4 is 43.9 Å². The third-order valence-electron chi connectivity index (χ3n) is 3.34. The topological polar surface area (TPSA) is 58.9 Å². The van der Waals surface area contributed by atoms with E-state index in [0.717, 1.165) is 0 Å². The number of sulfone groups is 1. The van der Waals surface area contributed by atoms with Crippen LogP contribution in [0.4, 0.5) is 13.2 Å². The fraction of sp³-hybridized carbons (Fsp3) is 0.176. The van der Waals surface area contributed by atoms with E-state index in [-0.39, 0.29) is 10.7 Å². The Morgan fingerprint density at radius 1 is 0.963 bits per heavy atom. The van der Waals surface area contributed by atoms with E-state index in [1.165, 1.54) is 31.2 Å². The maximum Gasteiger partial charge on any atom is 0.497 e. The highest BCUT2D eigenvalue weighted by Crippen LogP contribution is 2.27. The number of benzene rings is 2. The van der Waals surface area contributed by atoms with Crippen LogP contribution in [0, 0.1) is 0 Å². The summed E-state index contributed by atoms with van der Waals surface area (Å²) in [6, 6.07) is 12.2. The Kier molecular flexibility index (Phi) is 6.67. The van der Waals surface area contributed by atoms with Crippen LogP contribution in [0.15, 0.2) is 58.7 Å². The molecule has 10 heteroatoms. The highest BCUT2D eigenvalue weighted by atomic mass is 35.5. The van der Waals surface area contributed by atoms with Gasteiger partial charge in [0.15, 0.2) is 0 Å². The SMILES string of the molecule is CC(Cl)=NN=C(c1ccc(Cl)cc1)c1ccc(CS(=O)(=O)C(F)(F)F)cc1. The first-order chi connectivity index (χ1) is 12.5. The molecule has 0 unspecified atom stereocenters. The largest absolute Gasteiger partial charge is 0.497 e. The van der Waals surface area contributed by atoms with Gasteiger partial charge in [-0.05, 0) is 24.6 Å². The summed E-state index contributed by atoms with van der Waals surface area (Å²) >= 11 is 11.6. The minimum atomic E-state index is -5.30. The van der Waals surface area contributed by atoms with E-state index >= 15 is 0 Å². The summed E-state index contributed by atoms with van der Waals surface area (Å²) in [4.78, 5) is 0. The van der Waals surface area contributed by atoms with Gasteiger partial charge in [0.1, 0.15) is 10.9 Å². The van der Waals surface area contributed by atoms with Gasteiger partial charge in [-0.2, -0.15) is 13.2 Å². The summed E-state index contributed by atoms with van der Waals surface area (Å²) in [5.74, 6) is -1.14. The molecule has 2 aromatic carbocycles. The first-order valence-electron chi connectivity index (χ1n) is 7.41. The number of hydrogen-bond acceptors (Lipinski definition) is 4. The van der Waals surface area contributed by atoms with Gasteiger partial charge in [0.05, 0.1) is 5.75 Å². The normalized spacial score (nSPS) is 13.7. The highest BCUT2D eigenvalue weighted by molar-refractivity contribution is 7.91. The fourth-order valence-corrected chi connectivity index (χ4v) is 3.03. The molecule has 0 bridgehead atoms. The third kappa shape index (κ3) is 5.79. The van der Waals surface area contributed by atoms with Crippen LogP contribution in [-0.4, -0.2) is 24.8 Å². The lowest BCUT2D eigenvalue weighted by Gasteiger charge is -2.10. The van der Waals surface area contributed by atoms with Crippen LogP contribution in [0.2, 0.25) is 5.02 Å². The van der Waals surface area contributed by atoms with Crippen molar-refractivity contribution in [2.24, 2.45) is 10.2 Å². The first kappa shape index (κ1) is 21.4. The summed E-state index contributed by atoms with van der Waals surface area (Å²) in [7, 11) is -5.25. The van der Waals surface area contributed by atoms with Gasteiger partial charge < -0.3 is 0 Å². The minimum Gasteiger partial charge on any atom is -0.219 e. The quantitative estimate of drug-likeness (QED) is 0.478. The van der Waals surface area contributed by atoms with Crippen molar-refractivity contribution in [1.82, 2.24) is 0 Å². The Labute approximate surface area is 164 Å². The molecule has 0 aromatic heterocycles. The van der Waals surface area contributed by atoms with Crippen LogP contribution < -0.4 is 0 Å². The lowest BCUT2D eigenvalue weighted by atomic mass is 10.0. The highest BCUT2D eigenvalue weighted by Gasteiger charge is 2.45.